The van der Waals surface area contributed by atoms with Crippen LogP contribution in [0.2, 0.25) is 0 Å². The van der Waals surface area contributed by atoms with Crippen molar-refractivity contribution in [1.29, 1.82) is 0 Å². The standard InChI is InChI=1S/C13H18N2O/c1-10-4-2-6-13(14,8-10)12(16)11-5-3-7-15-9-11/h3,5,7,9-10H,2,4,6,8,14H2,1H3. The monoisotopic (exact) mass is 218 g/mol. The highest BCUT2D eigenvalue weighted by atomic mass is 16.1. The first kappa shape index (κ1) is 11.3. The Morgan fingerprint density at radius 2 is 2.44 bits per heavy atom. The van der Waals surface area contributed by atoms with Crippen molar-refractivity contribution in [3.63, 3.8) is 0 Å². The minimum atomic E-state index is -0.666. The SMILES string of the molecule is CC1CCCC(N)(C(=O)c2cccnc2)C1. The van der Waals surface area contributed by atoms with Gasteiger partial charge in [0.1, 0.15) is 0 Å². The number of aromatic nitrogens is 1. The molecule has 3 nitrogen and oxygen atoms in total. The molecule has 0 spiro atoms. The Morgan fingerprint density at radius 3 is 3.06 bits per heavy atom. The molecule has 2 unspecified atom stereocenters. The van der Waals surface area contributed by atoms with E-state index in [4.69, 9.17) is 5.73 Å². The van der Waals surface area contributed by atoms with Crippen molar-refractivity contribution in [1.82, 2.24) is 4.98 Å². The average Bonchev–Trinajstić information content (AvgIpc) is 2.29. The molecule has 1 aliphatic rings. The molecule has 1 heterocycles. The number of rotatable bonds is 2. The summed E-state index contributed by atoms with van der Waals surface area (Å²) in [4.78, 5) is 16.3. The maximum absolute atomic E-state index is 12.3. The summed E-state index contributed by atoms with van der Waals surface area (Å²) in [6, 6.07) is 3.58. The zero-order valence-corrected chi connectivity index (χ0v) is 9.65. The highest BCUT2D eigenvalue weighted by Gasteiger charge is 2.38. The van der Waals surface area contributed by atoms with Gasteiger partial charge in [0.05, 0.1) is 5.54 Å². The van der Waals surface area contributed by atoms with E-state index < -0.39 is 5.54 Å². The first-order valence-electron chi connectivity index (χ1n) is 5.85. The molecule has 2 atom stereocenters. The maximum atomic E-state index is 12.3. The summed E-state index contributed by atoms with van der Waals surface area (Å²) in [7, 11) is 0. The molecule has 1 aliphatic carbocycles. The number of carbonyl (C=O) groups is 1. The van der Waals surface area contributed by atoms with E-state index in [1.165, 1.54) is 6.42 Å². The van der Waals surface area contributed by atoms with Gasteiger partial charge in [-0.25, -0.2) is 0 Å². The highest BCUT2D eigenvalue weighted by molar-refractivity contribution is 6.02. The minimum Gasteiger partial charge on any atom is -0.319 e. The fourth-order valence-electron chi connectivity index (χ4n) is 2.58. The van der Waals surface area contributed by atoms with Crippen LogP contribution < -0.4 is 5.73 Å². The van der Waals surface area contributed by atoms with Gasteiger partial charge in [-0.15, -0.1) is 0 Å². The van der Waals surface area contributed by atoms with Crippen molar-refractivity contribution >= 4 is 5.78 Å². The summed E-state index contributed by atoms with van der Waals surface area (Å²) in [6.45, 7) is 2.16. The number of nitrogens with zero attached hydrogens (tertiary/aromatic N) is 1. The van der Waals surface area contributed by atoms with Crippen molar-refractivity contribution in [2.75, 3.05) is 0 Å². The molecule has 0 amide bonds. The van der Waals surface area contributed by atoms with Crippen molar-refractivity contribution in [2.24, 2.45) is 11.7 Å². The summed E-state index contributed by atoms with van der Waals surface area (Å²) in [5.74, 6) is 0.589. The highest BCUT2D eigenvalue weighted by Crippen LogP contribution is 2.32. The van der Waals surface area contributed by atoms with Crippen LogP contribution in [0.15, 0.2) is 24.5 Å². The Balaban J connectivity index is 2.21. The van der Waals surface area contributed by atoms with Gasteiger partial charge < -0.3 is 5.73 Å². The van der Waals surface area contributed by atoms with Gasteiger partial charge in [0.25, 0.3) is 0 Å². The predicted octanol–water partition coefficient (Wildman–Crippen LogP) is 2.17. The maximum Gasteiger partial charge on any atom is 0.184 e. The van der Waals surface area contributed by atoms with Crippen molar-refractivity contribution in [2.45, 2.75) is 38.1 Å². The molecule has 1 aromatic heterocycles. The van der Waals surface area contributed by atoms with Crippen LogP contribution in [0.1, 0.15) is 43.0 Å². The zero-order valence-electron chi connectivity index (χ0n) is 9.65. The number of hydrogen-bond donors (Lipinski definition) is 1. The molecule has 0 radical (unpaired) electrons. The lowest BCUT2D eigenvalue weighted by Crippen LogP contribution is -2.51. The number of nitrogens with two attached hydrogens (primary N) is 1. The number of pyridine rings is 1. The first-order valence-corrected chi connectivity index (χ1v) is 5.85. The Labute approximate surface area is 96.1 Å². The third-order valence-electron chi connectivity index (χ3n) is 3.41. The molecule has 2 N–H and O–H groups in total. The van der Waals surface area contributed by atoms with Crippen LogP contribution in [0, 0.1) is 5.92 Å². The number of ketones is 1. The molecule has 0 aliphatic heterocycles. The van der Waals surface area contributed by atoms with Crippen LogP contribution in [0.4, 0.5) is 0 Å². The zero-order chi connectivity index (χ0) is 11.6. The van der Waals surface area contributed by atoms with Gasteiger partial charge in [-0.3, -0.25) is 9.78 Å². The lowest BCUT2D eigenvalue weighted by molar-refractivity contribution is 0.0819. The second kappa shape index (κ2) is 4.34. The van der Waals surface area contributed by atoms with Gasteiger partial charge in [0.2, 0.25) is 0 Å². The third kappa shape index (κ3) is 2.14. The van der Waals surface area contributed by atoms with E-state index in [0.29, 0.717) is 11.5 Å². The lowest BCUT2D eigenvalue weighted by Gasteiger charge is -2.35. The van der Waals surface area contributed by atoms with E-state index in [1.807, 2.05) is 0 Å². The summed E-state index contributed by atoms with van der Waals surface area (Å²) in [6.07, 6.45) is 7.09. The second-order valence-electron chi connectivity index (χ2n) is 4.93. The van der Waals surface area contributed by atoms with Gasteiger partial charge in [-0.1, -0.05) is 19.8 Å². The molecule has 16 heavy (non-hydrogen) atoms. The fourth-order valence-corrected chi connectivity index (χ4v) is 2.58. The topological polar surface area (TPSA) is 56.0 Å². The molecule has 0 saturated heterocycles. The van der Waals surface area contributed by atoms with Gasteiger partial charge in [-0.05, 0) is 30.9 Å². The van der Waals surface area contributed by atoms with Gasteiger partial charge in [0.15, 0.2) is 5.78 Å². The van der Waals surface area contributed by atoms with E-state index in [2.05, 4.69) is 11.9 Å². The quantitative estimate of drug-likeness (QED) is 0.774. The molecule has 2 rings (SSSR count). The number of carbonyl (C=O) groups excluding carboxylic acids is 1. The third-order valence-corrected chi connectivity index (χ3v) is 3.41. The largest absolute Gasteiger partial charge is 0.319 e. The molecular formula is C13H18N2O. The minimum absolute atomic E-state index is 0.0483. The number of hydrogen-bond acceptors (Lipinski definition) is 3. The van der Waals surface area contributed by atoms with Gasteiger partial charge in [0, 0.05) is 18.0 Å². The molecule has 0 bridgehead atoms. The summed E-state index contributed by atoms with van der Waals surface area (Å²) < 4.78 is 0. The molecule has 86 valence electrons. The normalized spacial score (nSPS) is 30.0. The fraction of sp³-hybridized carbons (Fsp3) is 0.538. The number of Topliss-reactive ketones (excluding diaryl/α,β-unsaturated/α-hetero) is 1. The van der Waals surface area contributed by atoms with Crippen LogP contribution in [-0.2, 0) is 0 Å². The summed E-state index contributed by atoms with van der Waals surface area (Å²) in [5, 5.41) is 0. The molecule has 3 heteroatoms. The van der Waals surface area contributed by atoms with E-state index in [0.717, 1.165) is 19.3 Å². The molecule has 1 aromatic rings. The Kier molecular flexibility index (Phi) is 3.06. The Bertz CT molecular complexity index is 377. The smallest absolute Gasteiger partial charge is 0.184 e. The molecular weight excluding hydrogens is 200 g/mol. The van der Waals surface area contributed by atoms with Crippen LogP contribution in [0.3, 0.4) is 0 Å². The van der Waals surface area contributed by atoms with Gasteiger partial charge >= 0.3 is 0 Å². The first-order chi connectivity index (χ1) is 7.62. The second-order valence-corrected chi connectivity index (χ2v) is 4.93. The van der Waals surface area contributed by atoms with E-state index in [-0.39, 0.29) is 5.78 Å². The molecule has 1 saturated carbocycles. The van der Waals surface area contributed by atoms with E-state index in [9.17, 15) is 4.79 Å². The van der Waals surface area contributed by atoms with E-state index >= 15 is 0 Å². The van der Waals surface area contributed by atoms with Crippen molar-refractivity contribution < 1.29 is 4.79 Å². The Morgan fingerprint density at radius 1 is 1.62 bits per heavy atom. The van der Waals surface area contributed by atoms with Crippen LogP contribution in [0.25, 0.3) is 0 Å². The van der Waals surface area contributed by atoms with Crippen LogP contribution >= 0.6 is 0 Å². The van der Waals surface area contributed by atoms with Gasteiger partial charge in [-0.2, -0.15) is 0 Å². The van der Waals surface area contributed by atoms with Crippen molar-refractivity contribution in [3.8, 4) is 0 Å². The van der Waals surface area contributed by atoms with Crippen LogP contribution in [0.5, 0.6) is 0 Å². The summed E-state index contributed by atoms with van der Waals surface area (Å²) in [5.41, 5.74) is 6.22. The average molecular weight is 218 g/mol. The van der Waals surface area contributed by atoms with Crippen molar-refractivity contribution in [3.05, 3.63) is 30.1 Å². The molecule has 1 fully saturated rings. The molecule has 0 aromatic carbocycles. The lowest BCUT2D eigenvalue weighted by atomic mass is 9.73. The summed E-state index contributed by atoms with van der Waals surface area (Å²) >= 11 is 0. The predicted molar refractivity (Wildman–Crippen MR) is 63.1 cm³/mol. The Hall–Kier alpha value is -1.22. The van der Waals surface area contributed by atoms with E-state index in [1.54, 1.807) is 24.5 Å². The van der Waals surface area contributed by atoms with Crippen LogP contribution in [-0.4, -0.2) is 16.3 Å².